The van der Waals surface area contributed by atoms with E-state index >= 15 is 0 Å². The van der Waals surface area contributed by atoms with Gasteiger partial charge < -0.3 is 14.4 Å². The van der Waals surface area contributed by atoms with Crippen molar-refractivity contribution in [2.45, 2.75) is 45.3 Å². The maximum atomic E-state index is 5.94. The zero-order valence-electron chi connectivity index (χ0n) is 14.0. The van der Waals surface area contributed by atoms with Crippen LogP contribution in [0.1, 0.15) is 32.3 Å². The molecule has 1 aliphatic rings. The van der Waals surface area contributed by atoms with E-state index < -0.39 is 0 Å². The Morgan fingerprint density at radius 2 is 1.95 bits per heavy atom. The molecule has 1 aromatic rings. The molecule has 0 unspecified atom stereocenters. The Morgan fingerprint density at radius 3 is 2.68 bits per heavy atom. The van der Waals surface area contributed by atoms with Gasteiger partial charge in [-0.25, -0.2) is 0 Å². The molecule has 22 heavy (non-hydrogen) atoms. The smallest absolute Gasteiger partial charge is 0.122 e. The number of allylic oxidation sites excluding steroid dienone is 1. The van der Waals surface area contributed by atoms with Crippen LogP contribution in [0.15, 0.2) is 36.9 Å². The van der Waals surface area contributed by atoms with E-state index in [1.807, 2.05) is 12.1 Å². The summed E-state index contributed by atoms with van der Waals surface area (Å²) in [5, 5.41) is 0. The van der Waals surface area contributed by atoms with Gasteiger partial charge in [0.05, 0.1) is 13.2 Å². The summed E-state index contributed by atoms with van der Waals surface area (Å²) in [7, 11) is 0. The number of morpholine rings is 1. The minimum Gasteiger partial charge on any atom is -0.493 e. The first-order chi connectivity index (χ1) is 10.7. The zero-order chi connectivity index (χ0) is 15.8. The second-order valence-corrected chi connectivity index (χ2v) is 6.32. The number of hydrogen-bond donors (Lipinski definition) is 1. The highest BCUT2D eigenvalue weighted by Crippen LogP contribution is 2.18. The first-order valence-corrected chi connectivity index (χ1v) is 8.49. The molecule has 1 saturated heterocycles. The van der Waals surface area contributed by atoms with Crippen molar-refractivity contribution in [1.82, 2.24) is 0 Å². The molecule has 0 amide bonds. The standard InChI is InChI=1S/C19H29NO2/c1-4-9-18-10-5-6-11-19(18)21-13-8-7-12-20-14-16(2)22-17(3)15-20/h4-6,10-11,16-17H,1,7-9,12-15H2,2-3H3/p+1/t16-,17-/m0/s1. The van der Waals surface area contributed by atoms with Gasteiger partial charge in [0.25, 0.3) is 0 Å². The Labute approximate surface area is 134 Å². The van der Waals surface area contributed by atoms with Crippen molar-refractivity contribution in [3.05, 3.63) is 42.5 Å². The Balaban J connectivity index is 1.66. The van der Waals surface area contributed by atoms with Crippen LogP contribution in [-0.4, -0.2) is 38.4 Å². The van der Waals surface area contributed by atoms with Crippen molar-refractivity contribution < 1.29 is 14.4 Å². The first kappa shape index (κ1) is 17.0. The molecule has 0 saturated carbocycles. The van der Waals surface area contributed by atoms with Crippen LogP contribution >= 0.6 is 0 Å². The van der Waals surface area contributed by atoms with Gasteiger partial charge in [0.15, 0.2) is 0 Å². The number of rotatable bonds is 8. The highest BCUT2D eigenvalue weighted by atomic mass is 16.5. The molecule has 0 aliphatic carbocycles. The summed E-state index contributed by atoms with van der Waals surface area (Å²) >= 11 is 0. The van der Waals surface area contributed by atoms with Crippen molar-refractivity contribution in [3.8, 4) is 5.75 Å². The maximum Gasteiger partial charge on any atom is 0.122 e. The van der Waals surface area contributed by atoms with Gasteiger partial charge in [-0.05, 0) is 44.7 Å². The predicted octanol–water partition coefficient (Wildman–Crippen LogP) is 2.27. The number of unbranched alkanes of at least 4 members (excludes halogenated alkanes) is 1. The van der Waals surface area contributed by atoms with E-state index in [2.05, 4.69) is 38.6 Å². The van der Waals surface area contributed by atoms with Gasteiger partial charge in [-0.1, -0.05) is 24.3 Å². The normalized spacial score (nSPS) is 24.9. The van der Waals surface area contributed by atoms with E-state index in [-0.39, 0.29) is 0 Å². The molecule has 3 nitrogen and oxygen atoms in total. The van der Waals surface area contributed by atoms with Crippen LogP contribution in [0.25, 0.3) is 0 Å². The summed E-state index contributed by atoms with van der Waals surface area (Å²) in [6.07, 6.45) is 5.88. The largest absolute Gasteiger partial charge is 0.493 e. The van der Waals surface area contributed by atoms with Crippen LogP contribution < -0.4 is 9.64 Å². The summed E-state index contributed by atoms with van der Waals surface area (Å²) < 4.78 is 11.7. The summed E-state index contributed by atoms with van der Waals surface area (Å²) in [4.78, 5) is 1.67. The van der Waals surface area contributed by atoms with Crippen LogP contribution in [0.4, 0.5) is 0 Å². The average Bonchev–Trinajstić information content (AvgIpc) is 2.48. The molecule has 1 N–H and O–H groups in total. The third-order valence-corrected chi connectivity index (χ3v) is 4.14. The van der Waals surface area contributed by atoms with E-state index in [0.717, 1.165) is 38.3 Å². The molecule has 1 aliphatic heterocycles. The van der Waals surface area contributed by atoms with Crippen molar-refractivity contribution in [3.63, 3.8) is 0 Å². The van der Waals surface area contributed by atoms with E-state index in [9.17, 15) is 0 Å². The van der Waals surface area contributed by atoms with Gasteiger partial charge >= 0.3 is 0 Å². The Hall–Kier alpha value is -1.32. The van der Waals surface area contributed by atoms with Gasteiger partial charge in [-0.15, -0.1) is 6.58 Å². The summed E-state index contributed by atoms with van der Waals surface area (Å²) in [5.74, 6) is 1.00. The fourth-order valence-electron chi connectivity index (χ4n) is 3.22. The molecular formula is C19H30NO2+. The quantitative estimate of drug-likeness (QED) is 0.588. The van der Waals surface area contributed by atoms with Gasteiger partial charge in [0.2, 0.25) is 0 Å². The highest BCUT2D eigenvalue weighted by Gasteiger charge is 2.24. The molecular weight excluding hydrogens is 274 g/mol. The van der Waals surface area contributed by atoms with Gasteiger partial charge in [0, 0.05) is 0 Å². The number of quaternary nitrogens is 1. The molecule has 0 spiro atoms. The topological polar surface area (TPSA) is 22.9 Å². The zero-order valence-corrected chi connectivity index (χ0v) is 14.0. The number of nitrogens with one attached hydrogen (secondary N) is 1. The van der Waals surface area contributed by atoms with Crippen molar-refractivity contribution in [2.75, 3.05) is 26.2 Å². The van der Waals surface area contributed by atoms with Gasteiger partial charge in [-0.3, -0.25) is 0 Å². The van der Waals surface area contributed by atoms with E-state index in [4.69, 9.17) is 9.47 Å². The molecule has 2 rings (SSSR count). The molecule has 0 bridgehead atoms. The molecule has 0 radical (unpaired) electrons. The SMILES string of the molecule is C=CCc1ccccc1OCCCC[NH+]1C[C@H](C)O[C@@H](C)C1. The maximum absolute atomic E-state index is 5.94. The number of ether oxygens (including phenoxy) is 2. The van der Waals surface area contributed by atoms with E-state index in [0.29, 0.717) is 12.2 Å². The lowest BCUT2D eigenvalue weighted by Crippen LogP contribution is -3.15. The second kappa shape index (κ2) is 8.96. The predicted molar refractivity (Wildman–Crippen MR) is 90.6 cm³/mol. The molecule has 1 fully saturated rings. The van der Waals surface area contributed by atoms with Gasteiger partial charge in [0.1, 0.15) is 31.0 Å². The highest BCUT2D eigenvalue weighted by molar-refractivity contribution is 5.34. The lowest BCUT2D eigenvalue weighted by atomic mass is 10.1. The second-order valence-electron chi connectivity index (χ2n) is 6.32. The van der Waals surface area contributed by atoms with Crippen molar-refractivity contribution in [1.29, 1.82) is 0 Å². The molecule has 3 heteroatoms. The van der Waals surface area contributed by atoms with Crippen molar-refractivity contribution >= 4 is 0 Å². The number of hydrogen-bond acceptors (Lipinski definition) is 2. The van der Waals surface area contributed by atoms with Crippen LogP contribution in [-0.2, 0) is 11.2 Å². The molecule has 1 aromatic carbocycles. The molecule has 1 heterocycles. The summed E-state index contributed by atoms with van der Waals surface area (Å²) in [6.45, 7) is 12.4. The summed E-state index contributed by atoms with van der Waals surface area (Å²) in [5.41, 5.74) is 1.22. The Morgan fingerprint density at radius 1 is 1.23 bits per heavy atom. The lowest BCUT2D eigenvalue weighted by Gasteiger charge is -2.32. The van der Waals surface area contributed by atoms with Crippen LogP contribution in [0.3, 0.4) is 0 Å². The lowest BCUT2D eigenvalue weighted by molar-refractivity contribution is -0.915. The van der Waals surface area contributed by atoms with Crippen molar-refractivity contribution in [2.24, 2.45) is 0 Å². The monoisotopic (exact) mass is 304 g/mol. The number of para-hydroxylation sites is 1. The van der Waals surface area contributed by atoms with Gasteiger partial charge in [-0.2, -0.15) is 0 Å². The molecule has 0 aromatic heterocycles. The third-order valence-electron chi connectivity index (χ3n) is 4.14. The fraction of sp³-hybridized carbons (Fsp3) is 0.579. The van der Waals surface area contributed by atoms with Crippen LogP contribution in [0.2, 0.25) is 0 Å². The average molecular weight is 304 g/mol. The minimum absolute atomic E-state index is 0.390. The fourth-order valence-corrected chi connectivity index (χ4v) is 3.22. The third kappa shape index (κ3) is 5.47. The van der Waals surface area contributed by atoms with E-state index in [1.54, 1.807) is 4.90 Å². The van der Waals surface area contributed by atoms with Crippen LogP contribution in [0, 0.1) is 0 Å². The number of benzene rings is 1. The summed E-state index contributed by atoms with van der Waals surface area (Å²) in [6, 6.07) is 8.24. The molecule has 122 valence electrons. The minimum atomic E-state index is 0.390. The molecule has 2 atom stereocenters. The van der Waals surface area contributed by atoms with Crippen LogP contribution in [0.5, 0.6) is 5.75 Å². The Bertz CT molecular complexity index is 451. The Kier molecular flexibility index (Phi) is 6.94. The van der Waals surface area contributed by atoms with E-state index in [1.165, 1.54) is 18.5 Å². The first-order valence-electron chi connectivity index (χ1n) is 8.49.